The van der Waals surface area contributed by atoms with E-state index in [1.165, 1.54) is 0 Å². The summed E-state index contributed by atoms with van der Waals surface area (Å²) in [7, 11) is 1.65. The van der Waals surface area contributed by atoms with Gasteiger partial charge in [0.1, 0.15) is 5.75 Å². The van der Waals surface area contributed by atoms with Crippen molar-refractivity contribution in [1.82, 2.24) is 4.90 Å². The first kappa shape index (κ1) is 31.0. The van der Waals surface area contributed by atoms with Gasteiger partial charge in [0.2, 0.25) is 5.91 Å². The number of fused-ring (bicyclic) bond motifs is 2. The SMILES string of the molecule is COc1ccc(C(C)(C)[C@H]2[C@H](CC(=O)N3CCC[C@H]3CO)O[C@@]3(C(=O)N(Cc4cccc(I)c4)c4ccccc43)[C@@H]2C)cc1. The Kier molecular flexibility index (Phi) is 8.54. The molecule has 0 unspecified atom stereocenters. The molecule has 3 aromatic carbocycles. The molecule has 3 heterocycles. The van der Waals surface area contributed by atoms with Crippen molar-refractivity contribution in [3.63, 3.8) is 0 Å². The highest BCUT2D eigenvalue weighted by atomic mass is 127. The first-order valence-corrected chi connectivity index (χ1v) is 16.6. The number of rotatable bonds is 8. The van der Waals surface area contributed by atoms with Gasteiger partial charge < -0.3 is 24.4 Å². The van der Waals surface area contributed by atoms with Gasteiger partial charge in [0.05, 0.1) is 44.5 Å². The number of nitrogens with zero attached hydrogens (tertiary/aromatic N) is 2. The molecule has 1 spiro atoms. The van der Waals surface area contributed by atoms with Gasteiger partial charge >= 0.3 is 0 Å². The topological polar surface area (TPSA) is 79.3 Å². The number of aliphatic hydroxyl groups is 1. The average molecular weight is 709 g/mol. The largest absolute Gasteiger partial charge is 0.497 e. The number of benzene rings is 3. The van der Waals surface area contributed by atoms with Crippen LogP contribution in [0.2, 0.25) is 0 Å². The summed E-state index contributed by atoms with van der Waals surface area (Å²) in [6.45, 7) is 7.53. The smallest absolute Gasteiger partial charge is 0.264 e. The van der Waals surface area contributed by atoms with Crippen LogP contribution in [-0.2, 0) is 31.9 Å². The third kappa shape index (κ3) is 5.12. The van der Waals surface area contributed by atoms with E-state index in [1.54, 1.807) is 7.11 Å². The third-order valence-corrected chi connectivity index (χ3v) is 10.9. The van der Waals surface area contributed by atoms with Gasteiger partial charge in [0.15, 0.2) is 5.60 Å². The van der Waals surface area contributed by atoms with Crippen LogP contribution in [0.5, 0.6) is 5.75 Å². The van der Waals surface area contributed by atoms with E-state index >= 15 is 0 Å². The van der Waals surface area contributed by atoms with Gasteiger partial charge in [-0.15, -0.1) is 0 Å². The molecule has 1 N–H and O–H groups in total. The zero-order chi connectivity index (χ0) is 31.2. The lowest BCUT2D eigenvalue weighted by Crippen LogP contribution is -2.45. The molecule has 3 aliphatic heterocycles. The van der Waals surface area contributed by atoms with E-state index in [1.807, 2.05) is 64.4 Å². The highest BCUT2D eigenvalue weighted by molar-refractivity contribution is 14.1. The number of methoxy groups -OCH3 is 1. The summed E-state index contributed by atoms with van der Waals surface area (Å²) in [6.07, 6.45) is 1.32. The highest BCUT2D eigenvalue weighted by Gasteiger charge is 2.66. The summed E-state index contributed by atoms with van der Waals surface area (Å²) in [5.74, 6) is 0.271. The second-order valence-electron chi connectivity index (χ2n) is 13.0. The van der Waals surface area contributed by atoms with E-state index < -0.39 is 17.1 Å². The molecule has 5 atom stereocenters. The molecule has 2 amide bonds. The predicted molar refractivity (Wildman–Crippen MR) is 178 cm³/mol. The maximum Gasteiger partial charge on any atom is 0.264 e. The van der Waals surface area contributed by atoms with E-state index in [9.17, 15) is 14.7 Å². The van der Waals surface area contributed by atoms with Crippen molar-refractivity contribution in [3.8, 4) is 5.75 Å². The predicted octanol–water partition coefficient (Wildman–Crippen LogP) is 6.04. The Hall–Kier alpha value is -2.95. The molecule has 0 bridgehead atoms. The number of likely N-dealkylation sites (tertiary alicyclic amines) is 1. The zero-order valence-electron chi connectivity index (χ0n) is 25.8. The molecule has 44 heavy (non-hydrogen) atoms. The van der Waals surface area contributed by atoms with E-state index in [0.717, 1.165) is 44.5 Å². The second kappa shape index (κ2) is 12.1. The fourth-order valence-corrected chi connectivity index (χ4v) is 8.69. The van der Waals surface area contributed by atoms with E-state index in [-0.39, 0.29) is 42.7 Å². The Balaban J connectivity index is 1.42. The molecular formula is C36H41IN2O5. The number of hydrogen-bond donors (Lipinski definition) is 1. The van der Waals surface area contributed by atoms with Crippen LogP contribution in [0.25, 0.3) is 0 Å². The maximum absolute atomic E-state index is 14.8. The lowest BCUT2D eigenvalue weighted by atomic mass is 9.63. The molecule has 0 radical (unpaired) electrons. The van der Waals surface area contributed by atoms with Crippen molar-refractivity contribution in [2.24, 2.45) is 11.8 Å². The lowest BCUT2D eigenvalue weighted by Gasteiger charge is -2.39. The number of halogens is 1. The fourth-order valence-electron chi connectivity index (χ4n) is 8.09. The Morgan fingerprint density at radius 1 is 1.11 bits per heavy atom. The molecule has 3 aliphatic rings. The van der Waals surface area contributed by atoms with Gasteiger partial charge in [0, 0.05) is 27.5 Å². The molecule has 0 saturated carbocycles. The van der Waals surface area contributed by atoms with Gasteiger partial charge in [-0.2, -0.15) is 0 Å². The van der Waals surface area contributed by atoms with Crippen molar-refractivity contribution in [2.75, 3.05) is 25.2 Å². The summed E-state index contributed by atoms with van der Waals surface area (Å²) in [4.78, 5) is 32.4. The highest BCUT2D eigenvalue weighted by Crippen LogP contribution is 2.60. The molecule has 0 aliphatic carbocycles. The van der Waals surface area contributed by atoms with E-state index in [0.29, 0.717) is 13.1 Å². The van der Waals surface area contributed by atoms with Crippen molar-refractivity contribution in [1.29, 1.82) is 0 Å². The molecular weight excluding hydrogens is 667 g/mol. The monoisotopic (exact) mass is 708 g/mol. The van der Waals surface area contributed by atoms with Crippen molar-refractivity contribution in [2.45, 2.75) is 69.7 Å². The molecule has 232 valence electrons. The molecule has 2 fully saturated rings. The Bertz CT molecular complexity index is 1540. The summed E-state index contributed by atoms with van der Waals surface area (Å²) in [5, 5.41) is 9.95. The Morgan fingerprint density at radius 3 is 2.57 bits per heavy atom. The molecule has 7 nitrogen and oxygen atoms in total. The average Bonchev–Trinajstić information content (AvgIpc) is 3.68. The van der Waals surface area contributed by atoms with E-state index in [2.05, 4.69) is 61.6 Å². The first-order chi connectivity index (χ1) is 21.1. The van der Waals surface area contributed by atoms with Crippen LogP contribution in [-0.4, -0.2) is 54.2 Å². The minimum absolute atomic E-state index is 0.0271. The number of ether oxygens (including phenoxy) is 2. The minimum atomic E-state index is -1.22. The molecule has 6 rings (SSSR count). The van der Waals surface area contributed by atoms with Crippen LogP contribution in [0.4, 0.5) is 5.69 Å². The fraction of sp³-hybridized carbons (Fsp3) is 0.444. The van der Waals surface area contributed by atoms with Crippen molar-refractivity contribution >= 4 is 40.1 Å². The van der Waals surface area contributed by atoms with Gasteiger partial charge in [-0.25, -0.2) is 0 Å². The van der Waals surface area contributed by atoms with Crippen LogP contribution in [0.1, 0.15) is 56.7 Å². The summed E-state index contributed by atoms with van der Waals surface area (Å²) >= 11 is 2.30. The summed E-state index contributed by atoms with van der Waals surface area (Å²) in [6, 6.07) is 24.1. The molecule has 3 aromatic rings. The van der Waals surface area contributed by atoms with E-state index in [4.69, 9.17) is 9.47 Å². The minimum Gasteiger partial charge on any atom is -0.497 e. The maximum atomic E-state index is 14.8. The third-order valence-electron chi connectivity index (χ3n) is 10.3. The van der Waals surface area contributed by atoms with Crippen LogP contribution in [0.3, 0.4) is 0 Å². The number of carbonyl (C=O) groups excluding carboxylic acids is 2. The molecule has 8 heteroatoms. The Morgan fingerprint density at radius 2 is 1.86 bits per heavy atom. The van der Waals surface area contributed by atoms with Crippen LogP contribution in [0.15, 0.2) is 72.8 Å². The zero-order valence-corrected chi connectivity index (χ0v) is 28.0. The van der Waals surface area contributed by atoms with Gasteiger partial charge in [-0.1, -0.05) is 63.2 Å². The van der Waals surface area contributed by atoms with Crippen LogP contribution >= 0.6 is 22.6 Å². The normalized spacial score (nSPS) is 26.5. The van der Waals surface area contributed by atoms with Gasteiger partial charge in [-0.05, 0) is 82.3 Å². The molecule has 2 saturated heterocycles. The summed E-state index contributed by atoms with van der Waals surface area (Å²) in [5.41, 5.74) is 2.20. The second-order valence-corrected chi connectivity index (χ2v) is 14.2. The van der Waals surface area contributed by atoms with Crippen LogP contribution < -0.4 is 9.64 Å². The van der Waals surface area contributed by atoms with Crippen molar-refractivity contribution in [3.05, 3.63) is 93.1 Å². The standard InChI is InChI=1S/C36H41IN2O5/c1-23-33(35(2,3)25-14-16-28(43-4)17-15-25)31(20-32(41)38-18-8-11-27(38)22-40)44-36(23)29-12-5-6-13-30(29)39(34(36)42)21-24-9-7-10-26(37)19-24/h5-7,9-10,12-17,19,23,27,31,33,40H,8,11,18,20-22H2,1-4H3/t23-,27+,31+,33-,36+/m1/s1. The number of hydrogen-bond acceptors (Lipinski definition) is 5. The number of anilines is 1. The quantitative estimate of drug-likeness (QED) is 0.289. The number of amides is 2. The van der Waals surface area contributed by atoms with Gasteiger partial charge in [-0.3, -0.25) is 9.59 Å². The van der Waals surface area contributed by atoms with Crippen LogP contribution in [0, 0.1) is 15.4 Å². The first-order valence-electron chi connectivity index (χ1n) is 15.5. The number of aliphatic hydroxyl groups excluding tert-OH is 1. The molecule has 0 aromatic heterocycles. The number of para-hydroxylation sites is 1. The van der Waals surface area contributed by atoms with Crippen molar-refractivity contribution < 1.29 is 24.2 Å². The summed E-state index contributed by atoms with van der Waals surface area (Å²) < 4.78 is 13.6. The van der Waals surface area contributed by atoms with Gasteiger partial charge in [0.25, 0.3) is 5.91 Å². The lowest BCUT2D eigenvalue weighted by molar-refractivity contribution is -0.150. The Labute approximate surface area is 273 Å². The number of carbonyl (C=O) groups is 2.